The summed E-state index contributed by atoms with van der Waals surface area (Å²) in [7, 11) is 0. The maximum atomic E-state index is 13.1. The molecule has 1 aromatic rings. The highest BCUT2D eigenvalue weighted by atomic mass is 35.5. The Morgan fingerprint density at radius 2 is 1.71 bits per heavy atom. The fraction of sp³-hybridized carbons (Fsp3) is 0.667. The number of nitrogens with zero attached hydrogens (tertiary/aromatic N) is 2. The van der Waals surface area contributed by atoms with Crippen LogP contribution in [0.3, 0.4) is 0 Å². The molecule has 0 atom stereocenters. The molecule has 6 nitrogen and oxygen atoms in total. The Kier molecular flexibility index (Phi) is 8.88. The Hall–Kier alpha value is -1.95. The number of benzene rings is 1. The Morgan fingerprint density at radius 1 is 1.00 bits per heavy atom. The molecular formula is C24H35ClN2O4. The first-order valence-electron chi connectivity index (χ1n) is 11.7. The molecule has 0 aromatic heterocycles. The van der Waals surface area contributed by atoms with Crippen molar-refractivity contribution in [1.82, 2.24) is 9.80 Å². The van der Waals surface area contributed by atoms with E-state index < -0.39 is 0 Å². The summed E-state index contributed by atoms with van der Waals surface area (Å²) in [6, 6.07) is 3.39. The van der Waals surface area contributed by atoms with Crippen LogP contribution in [-0.4, -0.2) is 61.0 Å². The van der Waals surface area contributed by atoms with Gasteiger partial charge in [-0.25, -0.2) is 0 Å². The van der Waals surface area contributed by atoms with Crippen LogP contribution < -0.4 is 9.47 Å². The van der Waals surface area contributed by atoms with Crippen LogP contribution in [0.4, 0.5) is 0 Å². The van der Waals surface area contributed by atoms with Gasteiger partial charge < -0.3 is 19.3 Å². The summed E-state index contributed by atoms with van der Waals surface area (Å²) in [5, 5.41) is 0.389. The second-order valence-electron chi connectivity index (χ2n) is 8.37. The second-order valence-corrected chi connectivity index (χ2v) is 8.78. The molecule has 0 spiro atoms. The van der Waals surface area contributed by atoms with E-state index in [9.17, 15) is 9.59 Å². The molecule has 0 unspecified atom stereocenters. The number of rotatable bonds is 8. The average Bonchev–Trinajstić information content (AvgIpc) is 2.80. The first-order chi connectivity index (χ1) is 15.0. The largest absolute Gasteiger partial charge is 0.490 e. The molecule has 2 aliphatic heterocycles. The third-order valence-corrected chi connectivity index (χ3v) is 6.38. The molecule has 0 bridgehead atoms. The molecule has 1 aromatic carbocycles. The minimum atomic E-state index is -0.0770. The summed E-state index contributed by atoms with van der Waals surface area (Å²) in [6.07, 6.45) is 6.79. The first-order valence-corrected chi connectivity index (χ1v) is 12.1. The van der Waals surface area contributed by atoms with Gasteiger partial charge in [0.2, 0.25) is 5.91 Å². The number of piperidine rings is 2. The molecule has 7 heteroatoms. The predicted molar refractivity (Wildman–Crippen MR) is 122 cm³/mol. The van der Waals surface area contributed by atoms with E-state index in [0.717, 1.165) is 38.8 Å². The topological polar surface area (TPSA) is 59.1 Å². The number of amides is 2. The van der Waals surface area contributed by atoms with Gasteiger partial charge in [0.05, 0.1) is 18.2 Å². The van der Waals surface area contributed by atoms with Crippen LogP contribution in [0.25, 0.3) is 0 Å². The number of likely N-dealkylation sites (tertiary alicyclic amines) is 2. The molecular weight excluding hydrogens is 416 g/mol. The lowest BCUT2D eigenvalue weighted by Gasteiger charge is -2.35. The van der Waals surface area contributed by atoms with E-state index in [1.807, 2.05) is 16.7 Å². The maximum absolute atomic E-state index is 13.1. The van der Waals surface area contributed by atoms with Crippen molar-refractivity contribution < 1.29 is 19.1 Å². The highest BCUT2D eigenvalue weighted by Gasteiger charge is 2.31. The smallest absolute Gasteiger partial charge is 0.254 e. The fourth-order valence-corrected chi connectivity index (χ4v) is 4.56. The van der Waals surface area contributed by atoms with Crippen LogP contribution in [0.2, 0.25) is 5.02 Å². The normalized spacial score (nSPS) is 17.5. The van der Waals surface area contributed by atoms with E-state index in [4.69, 9.17) is 21.1 Å². The number of carbonyl (C=O) groups excluding carboxylic acids is 2. The lowest BCUT2D eigenvalue weighted by molar-refractivity contribution is -0.137. The molecule has 0 aliphatic carbocycles. The van der Waals surface area contributed by atoms with Gasteiger partial charge in [0, 0.05) is 37.7 Å². The lowest BCUT2D eigenvalue weighted by Crippen LogP contribution is -2.45. The molecule has 31 heavy (non-hydrogen) atoms. The molecule has 0 radical (unpaired) electrons. The molecule has 3 rings (SSSR count). The van der Waals surface area contributed by atoms with Crippen LogP contribution in [0.5, 0.6) is 11.5 Å². The molecule has 2 heterocycles. The maximum Gasteiger partial charge on any atom is 0.254 e. The van der Waals surface area contributed by atoms with Crippen LogP contribution in [0.1, 0.15) is 69.2 Å². The van der Waals surface area contributed by atoms with Gasteiger partial charge in [-0.05, 0) is 57.6 Å². The standard InChI is InChI=1S/C24H35ClN2O4/c1-3-5-15-31-22-20(25)16-19(17-21(22)30-4-2)24(29)27-13-9-18(10-14-27)23(28)26-11-7-6-8-12-26/h16-18H,3-15H2,1-2H3. The van der Waals surface area contributed by atoms with Crippen LogP contribution >= 0.6 is 11.6 Å². The number of hydrogen-bond acceptors (Lipinski definition) is 4. The van der Waals surface area contributed by atoms with Gasteiger partial charge in [-0.1, -0.05) is 24.9 Å². The third-order valence-electron chi connectivity index (χ3n) is 6.10. The van der Waals surface area contributed by atoms with Gasteiger partial charge in [-0.2, -0.15) is 0 Å². The van der Waals surface area contributed by atoms with Gasteiger partial charge in [0.15, 0.2) is 11.5 Å². The summed E-state index contributed by atoms with van der Waals surface area (Å²) in [4.78, 5) is 29.7. The highest BCUT2D eigenvalue weighted by Crippen LogP contribution is 2.37. The van der Waals surface area contributed by atoms with Crippen molar-refractivity contribution >= 4 is 23.4 Å². The number of halogens is 1. The summed E-state index contributed by atoms with van der Waals surface area (Å²) in [6.45, 7) is 7.93. The van der Waals surface area contributed by atoms with Gasteiger partial charge in [0.25, 0.3) is 5.91 Å². The van der Waals surface area contributed by atoms with Crippen LogP contribution in [0, 0.1) is 5.92 Å². The lowest BCUT2D eigenvalue weighted by atomic mass is 9.94. The van der Waals surface area contributed by atoms with Gasteiger partial charge in [0.1, 0.15) is 0 Å². The monoisotopic (exact) mass is 450 g/mol. The molecule has 2 amide bonds. The molecule has 0 N–H and O–H groups in total. The predicted octanol–water partition coefficient (Wildman–Crippen LogP) is 4.78. The Labute approximate surface area is 190 Å². The summed E-state index contributed by atoms with van der Waals surface area (Å²) >= 11 is 6.46. The highest BCUT2D eigenvalue weighted by molar-refractivity contribution is 6.32. The van der Waals surface area contributed by atoms with Crippen LogP contribution in [-0.2, 0) is 4.79 Å². The molecule has 2 aliphatic rings. The van der Waals surface area contributed by atoms with Crippen molar-refractivity contribution in [3.05, 3.63) is 22.7 Å². The Bertz CT molecular complexity index is 756. The van der Waals surface area contributed by atoms with E-state index in [2.05, 4.69) is 6.92 Å². The van der Waals surface area contributed by atoms with Crippen molar-refractivity contribution in [3.8, 4) is 11.5 Å². The minimum absolute atomic E-state index is 0.0269. The third kappa shape index (κ3) is 6.06. The van der Waals surface area contributed by atoms with E-state index in [1.165, 1.54) is 6.42 Å². The summed E-state index contributed by atoms with van der Waals surface area (Å²) in [5.74, 6) is 1.22. The number of unbranched alkanes of at least 4 members (excludes halogenated alkanes) is 1. The summed E-state index contributed by atoms with van der Waals surface area (Å²) < 4.78 is 11.5. The van der Waals surface area contributed by atoms with Gasteiger partial charge in [-0.3, -0.25) is 9.59 Å². The van der Waals surface area contributed by atoms with E-state index in [0.29, 0.717) is 61.2 Å². The zero-order valence-electron chi connectivity index (χ0n) is 18.8. The molecule has 2 fully saturated rings. The molecule has 172 valence electrons. The Morgan fingerprint density at radius 3 is 2.35 bits per heavy atom. The fourth-order valence-electron chi connectivity index (χ4n) is 4.30. The van der Waals surface area contributed by atoms with Crippen LogP contribution in [0.15, 0.2) is 12.1 Å². The number of carbonyl (C=O) groups is 2. The van der Waals surface area contributed by atoms with Crippen molar-refractivity contribution in [3.63, 3.8) is 0 Å². The van der Waals surface area contributed by atoms with Crippen molar-refractivity contribution in [2.24, 2.45) is 5.92 Å². The van der Waals surface area contributed by atoms with E-state index in [1.54, 1.807) is 12.1 Å². The Balaban J connectivity index is 1.63. The molecule has 0 saturated carbocycles. The quantitative estimate of drug-likeness (QED) is 0.534. The minimum Gasteiger partial charge on any atom is -0.490 e. The average molecular weight is 451 g/mol. The summed E-state index contributed by atoms with van der Waals surface area (Å²) in [5.41, 5.74) is 0.497. The van der Waals surface area contributed by atoms with Crippen molar-refractivity contribution in [2.75, 3.05) is 39.4 Å². The van der Waals surface area contributed by atoms with Crippen molar-refractivity contribution in [1.29, 1.82) is 0 Å². The number of ether oxygens (including phenoxy) is 2. The van der Waals surface area contributed by atoms with Gasteiger partial charge in [-0.15, -0.1) is 0 Å². The zero-order chi connectivity index (χ0) is 22.2. The van der Waals surface area contributed by atoms with Crippen molar-refractivity contribution in [2.45, 2.75) is 58.8 Å². The number of hydrogen-bond donors (Lipinski definition) is 0. The second kappa shape index (κ2) is 11.6. The van der Waals surface area contributed by atoms with Gasteiger partial charge >= 0.3 is 0 Å². The van der Waals surface area contributed by atoms with E-state index in [-0.39, 0.29) is 17.7 Å². The zero-order valence-corrected chi connectivity index (χ0v) is 19.6. The molecule has 2 saturated heterocycles. The van der Waals surface area contributed by atoms with E-state index >= 15 is 0 Å². The first kappa shape index (κ1) is 23.7. The SMILES string of the molecule is CCCCOc1c(Cl)cc(C(=O)N2CCC(C(=O)N3CCCCC3)CC2)cc1OCC.